The number of methoxy groups -OCH3 is 1. The molecule has 1 N–H and O–H groups in total. The molecule has 3 aromatic carbocycles. The maximum Gasteiger partial charge on any atom is 0.326 e. The summed E-state index contributed by atoms with van der Waals surface area (Å²) in [7, 11) is 5.06. The predicted molar refractivity (Wildman–Crippen MR) is 148 cm³/mol. The number of carbonyl (C=O) groups is 2. The molecule has 0 saturated carbocycles. The summed E-state index contributed by atoms with van der Waals surface area (Å²) in [4.78, 5) is 32.7. The Bertz CT molecular complexity index is 1360. The third kappa shape index (κ3) is 5.40. The van der Waals surface area contributed by atoms with Crippen molar-refractivity contribution in [3.8, 4) is 22.6 Å². The van der Waals surface area contributed by atoms with Crippen LogP contribution in [0, 0.1) is 5.92 Å². The van der Waals surface area contributed by atoms with Crippen LogP contribution in [0.5, 0.6) is 11.5 Å². The van der Waals surface area contributed by atoms with Crippen LogP contribution in [0.2, 0.25) is 0 Å². The fourth-order valence-corrected chi connectivity index (χ4v) is 5.36. The minimum absolute atomic E-state index is 0.0758. The van der Waals surface area contributed by atoms with Gasteiger partial charge in [0.25, 0.3) is 5.91 Å². The third-order valence-electron chi connectivity index (χ3n) is 7.45. The topological polar surface area (TPSA) is 97.8 Å². The van der Waals surface area contributed by atoms with Crippen molar-refractivity contribution in [1.29, 1.82) is 0 Å². The van der Waals surface area contributed by atoms with Crippen molar-refractivity contribution < 1.29 is 33.7 Å². The molecule has 9 heteroatoms. The largest absolute Gasteiger partial charge is 0.497 e. The van der Waals surface area contributed by atoms with Crippen LogP contribution in [-0.4, -0.2) is 73.0 Å². The first kappa shape index (κ1) is 27.6. The average Bonchev–Trinajstić information content (AvgIpc) is 3.49. The minimum Gasteiger partial charge on any atom is -0.497 e. The summed E-state index contributed by atoms with van der Waals surface area (Å²) in [5.41, 5.74) is 4.07. The van der Waals surface area contributed by atoms with Gasteiger partial charge in [0.1, 0.15) is 36.4 Å². The van der Waals surface area contributed by atoms with Crippen molar-refractivity contribution in [3.63, 3.8) is 0 Å². The number of rotatable bonds is 9. The molecule has 4 atom stereocenters. The lowest BCUT2D eigenvalue weighted by Crippen LogP contribution is -2.35. The smallest absolute Gasteiger partial charge is 0.326 e. The van der Waals surface area contributed by atoms with Crippen molar-refractivity contribution in [2.24, 2.45) is 5.92 Å². The quantitative estimate of drug-likeness (QED) is 0.406. The van der Waals surface area contributed by atoms with E-state index >= 15 is 0 Å². The zero-order valence-corrected chi connectivity index (χ0v) is 23.1. The molecule has 5 rings (SSSR count). The van der Waals surface area contributed by atoms with Crippen molar-refractivity contribution >= 4 is 11.9 Å². The zero-order valence-electron chi connectivity index (χ0n) is 23.1. The number of cyclic esters (lactones) is 1. The van der Waals surface area contributed by atoms with E-state index < -0.39 is 12.1 Å². The van der Waals surface area contributed by atoms with E-state index in [0.717, 1.165) is 28.0 Å². The van der Waals surface area contributed by atoms with E-state index in [9.17, 15) is 14.7 Å². The van der Waals surface area contributed by atoms with Crippen LogP contribution in [0.3, 0.4) is 0 Å². The predicted octanol–water partition coefficient (Wildman–Crippen LogP) is 3.68. The monoisotopic (exact) mass is 546 g/mol. The second-order valence-corrected chi connectivity index (χ2v) is 10.3. The van der Waals surface area contributed by atoms with Gasteiger partial charge < -0.3 is 24.2 Å². The van der Waals surface area contributed by atoms with Gasteiger partial charge in [0.2, 0.25) is 0 Å². The maximum atomic E-state index is 12.7. The zero-order chi connectivity index (χ0) is 28.4. The summed E-state index contributed by atoms with van der Waals surface area (Å²) in [6, 6.07) is 20.3. The van der Waals surface area contributed by atoms with Crippen molar-refractivity contribution in [2.75, 3.05) is 27.8 Å². The normalized spacial score (nSPS) is 22.1. The molecule has 0 radical (unpaired) electrons. The summed E-state index contributed by atoms with van der Waals surface area (Å²) in [6.45, 7) is 2.17. The summed E-state index contributed by atoms with van der Waals surface area (Å²) in [5.74, 6) is 0.705. The molecular weight excluding hydrogens is 512 g/mol. The second kappa shape index (κ2) is 11.7. The Balaban J connectivity index is 1.48. The Morgan fingerprint density at radius 2 is 1.77 bits per heavy atom. The molecule has 3 aromatic rings. The molecule has 0 unspecified atom stereocenters. The number of para-hydroxylation sites is 1. The highest BCUT2D eigenvalue weighted by atomic mass is 16.7. The lowest BCUT2D eigenvalue weighted by molar-refractivity contribution is -0.195. The molecule has 2 heterocycles. The molecule has 2 aliphatic heterocycles. The standard InChI is InChI=1S/C31H34N2O7/c1-19-27-26(17-34)40-33(28(27)31(36)39-19)16-23-6-5-7-25(21-10-12-22(13-11-21)30(35)32(2)3)29(23)38-18-20-8-14-24(37-4)15-9-20/h5-15,19,26-28,34H,16-18H2,1-4H3/t19-,26-,27+,28-/m0/s1. The number of esters is 1. The Morgan fingerprint density at radius 3 is 2.42 bits per heavy atom. The van der Waals surface area contributed by atoms with Crippen LogP contribution >= 0.6 is 0 Å². The molecule has 0 bridgehead atoms. The molecule has 0 spiro atoms. The van der Waals surface area contributed by atoms with Gasteiger partial charge in [-0.15, -0.1) is 0 Å². The van der Waals surface area contributed by atoms with Gasteiger partial charge in [-0.25, -0.2) is 0 Å². The van der Waals surface area contributed by atoms with E-state index in [1.54, 1.807) is 38.4 Å². The van der Waals surface area contributed by atoms with E-state index in [2.05, 4.69) is 0 Å². The molecule has 0 aromatic heterocycles. The summed E-state index contributed by atoms with van der Waals surface area (Å²) in [5, 5.41) is 11.5. The van der Waals surface area contributed by atoms with E-state index in [4.69, 9.17) is 19.0 Å². The molecule has 1 amide bonds. The molecule has 40 heavy (non-hydrogen) atoms. The van der Waals surface area contributed by atoms with Gasteiger partial charge in [-0.05, 0) is 42.3 Å². The maximum absolute atomic E-state index is 12.7. The SMILES string of the molecule is COc1ccc(COc2c(CN3O[C@@H](CO)[C@H]4[C@H](C)OC(=O)[C@H]43)cccc2-c2ccc(C(=O)N(C)C)cc2)cc1. The Morgan fingerprint density at radius 1 is 1.05 bits per heavy atom. The first-order valence-electron chi connectivity index (χ1n) is 13.2. The number of aliphatic hydroxyl groups excluding tert-OH is 1. The molecule has 2 fully saturated rings. The highest BCUT2D eigenvalue weighted by Crippen LogP contribution is 2.41. The van der Waals surface area contributed by atoms with Gasteiger partial charge in [0, 0.05) is 30.8 Å². The van der Waals surface area contributed by atoms with Crippen molar-refractivity contribution in [1.82, 2.24) is 9.96 Å². The van der Waals surface area contributed by atoms with Crippen LogP contribution in [0.1, 0.15) is 28.4 Å². The molecule has 2 saturated heterocycles. The van der Waals surface area contributed by atoms with E-state index in [-0.39, 0.29) is 37.0 Å². The van der Waals surface area contributed by atoms with Crippen LogP contribution in [0.15, 0.2) is 66.7 Å². The van der Waals surface area contributed by atoms with Crippen LogP contribution < -0.4 is 9.47 Å². The number of fused-ring (bicyclic) bond motifs is 1. The van der Waals surface area contributed by atoms with Crippen LogP contribution in [-0.2, 0) is 27.5 Å². The third-order valence-corrected chi connectivity index (χ3v) is 7.45. The van der Waals surface area contributed by atoms with Gasteiger partial charge in [-0.3, -0.25) is 14.4 Å². The number of ether oxygens (including phenoxy) is 3. The summed E-state index contributed by atoms with van der Waals surface area (Å²) < 4.78 is 17.2. The number of hydrogen-bond donors (Lipinski definition) is 1. The molecule has 0 aliphatic carbocycles. The fraction of sp³-hybridized carbons (Fsp3) is 0.355. The van der Waals surface area contributed by atoms with E-state index in [0.29, 0.717) is 17.9 Å². The number of carbonyl (C=O) groups excluding carboxylic acids is 2. The Hall–Kier alpha value is -3.92. The van der Waals surface area contributed by atoms with Crippen molar-refractivity contribution in [3.05, 3.63) is 83.4 Å². The molecule has 210 valence electrons. The summed E-state index contributed by atoms with van der Waals surface area (Å²) in [6.07, 6.45) is -0.875. The van der Waals surface area contributed by atoms with Gasteiger partial charge in [-0.1, -0.05) is 42.5 Å². The number of hydrogen-bond acceptors (Lipinski definition) is 8. The number of hydroxylamine groups is 2. The number of nitrogens with zero attached hydrogens (tertiary/aromatic N) is 2. The fourth-order valence-electron chi connectivity index (χ4n) is 5.36. The lowest BCUT2D eigenvalue weighted by Gasteiger charge is -2.23. The first-order valence-corrected chi connectivity index (χ1v) is 13.2. The van der Waals surface area contributed by atoms with Gasteiger partial charge in [0.05, 0.1) is 26.2 Å². The van der Waals surface area contributed by atoms with E-state index in [1.807, 2.05) is 61.5 Å². The number of amides is 1. The van der Waals surface area contributed by atoms with E-state index in [1.165, 1.54) is 4.90 Å². The molecule has 2 aliphatic rings. The minimum atomic E-state index is -0.610. The van der Waals surface area contributed by atoms with Gasteiger partial charge >= 0.3 is 5.97 Å². The highest BCUT2D eigenvalue weighted by molar-refractivity contribution is 5.94. The molecule has 9 nitrogen and oxygen atoms in total. The van der Waals surface area contributed by atoms with Crippen LogP contribution in [0.25, 0.3) is 11.1 Å². The summed E-state index contributed by atoms with van der Waals surface area (Å²) >= 11 is 0. The number of benzene rings is 3. The highest BCUT2D eigenvalue weighted by Gasteiger charge is 2.56. The van der Waals surface area contributed by atoms with Crippen molar-refractivity contribution in [2.45, 2.75) is 38.3 Å². The van der Waals surface area contributed by atoms with Crippen LogP contribution in [0.4, 0.5) is 0 Å². The lowest BCUT2D eigenvalue weighted by atomic mass is 9.92. The number of aliphatic hydroxyl groups is 1. The average molecular weight is 547 g/mol. The molecular formula is C31H34N2O7. The Labute approximate surface area is 233 Å². The first-order chi connectivity index (χ1) is 19.3. The second-order valence-electron chi connectivity index (χ2n) is 10.3. The Kier molecular flexibility index (Phi) is 8.07. The van der Waals surface area contributed by atoms with Gasteiger partial charge in [0.15, 0.2) is 0 Å². The van der Waals surface area contributed by atoms with Gasteiger partial charge in [-0.2, -0.15) is 5.06 Å².